The molecule has 2 rings (SSSR count). The molecule has 0 bridgehead atoms. The molecule has 0 saturated carbocycles. The Balaban J connectivity index is 1.80. The highest BCUT2D eigenvalue weighted by molar-refractivity contribution is 4.85. The highest BCUT2D eigenvalue weighted by Crippen LogP contribution is 2.21. The van der Waals surface area contributed by atoms with Crippen LogP contribution in [0.4, 0.5) is 0 Å². The van der Waals surface area contributed by atoms with Crippen molar-refractivity contribution in [3.63, 3.8) is 0 Å². The van der Waals surface area contributed by atoms with E-state index < -0.39 is 0 Å². The third kappa shape index (κ3) is 3.16. The van der Waals surface area contributed by atoms with Crippen LogP contribution in [0.15, 0.2) is 0 Å². The SMILES string of the molecule is CN(C)CC1CCCN(C2CCNC2)C1. The van der Waals surface area contributed by atoms with Crippen LogP contribution in [0.3, 0.4) is 0 Å². The average molecular weight is 211 g/mol. The first-order valence-corrected chi connectivity index (χ1v) is 6.35. The Morgan fingerprint density at radius 3 is 2.87 bits per heavy atom. The first-order valence-electron chi connectivity index (χ1n) is 6.35. The molecule has 3 nitrogen and oxygen atoms in total. The fourth-order valence-corrected chi connectivity index (χ4v) is 3.05. The minimum atomic E-state index is 0.829. The zero-order chi connectivity index (χ0) is 10.7. The van der Waals surface area contributed by atoms with Gasteiger partial charge < -0.3 is 10.2 Å². The summed E-state index contributed by atoms with van der Waals surface area (Å²) in [6.45, 7) is 6.35. The number of hydrogen-bond donors (Lipinski definition) is 1. The number of nitrogens with one attached hydrogen (secondary N) is 1. The molecule has 0 spiro atoms. The molecule has 2 heterocycles. The van der Waals surface area contributed by atoms with Crippen molar-refractivity contribution in [1.29, 1.82) is 0 Å². The van der Waals surface area contributed by atoms with E-state index in [1.165, 1.54) is 52.0 Å². The summed E-state index contributed by atoms with van der Waals surface area (Å²) in [5.74, 6) is 0.898. The van der Waals surface area contributed by atoms with Gasteiger partial charge in [-0.3, -0.25) is 4.90 Å². The van der Waals surface area contributed by atoms with Crippen molar-refractivity contribution in [2.45, 2.75) is 25.3 Å². The van der Waals surface area contributed by atoms with Gasteiger partial charge >= 0.3 is 0 Å². The van der Waals surface area contributed by atoms with Gasteiger partial charge in [0.2, 0.25) is 0 Å². The molecule has 2 aliphatic heterocycles. The molecule has 0 aromatic carbocycles. The molecule has 2 saturated heterocycles. The Labute approximate surface area is 93.8 Å². The highest BCUT2D eigenvalue weighted by atomic mass is 15.2. The molecular formula is C12H25N3. The van der Waals surface area contributed by atoms with E-state index in [-0.39, 0.29) is 0 Å². The lowest BCUT2D eigenvalue weighted by atomic mass is 9.96. The summed E-state index contributed by atoms with van der Waals surface area (Å²) in [4.78, 5) is 5.05. The Morgan fingerprint density at radius 2 is 2.20 bits per heavy atom. The van der Waals surface area contributed by atoms with E-state index in [2.05, 4.69) is 29.2 Å². The van der Waals surface area contributed by atoms with Crippen LogP contribution in [-0.2, 0) is 0 Å². The van der Waals surface area contributed by atoms with Crippen molar-refractivity contribution in [2.24, 2.45) is 5.92 Å². The molecular weight excluding hydrogens is 186 g/mol. The zero-order valence-corrected chi connectivity index (χ0v) is 10.2. The van der Waals surface area contributed by atoms with Crippen LogP contribution in [0.2, 0.25) is 0 Å². The van der Waals surface area contributed by atoms with Gasteiger partial charge in [0.05, 0.1) is 0 Å². The average Bonchev–Trinajstić information content (AvgIpc) is 2.69. The minimum absolute atomic E-state index is 0.829. The summed E-state index contributed by atoms with van der Waals surface area (Å²) >= 11 is 0. The maximum atomic E-state index is 3.47. The van der Waals surface area contributed by atoms with Crippen molar-refractivity contribution in [1.82, 2.24) is 15.1 Å². The van der Waals surface area contributed by atoms with E-state index in [9.17, 15) is 0 Å². The molecule has 0 radical (unpaired) electrons. The van der Waals surface area contributed by atoms with E-state index in [1.807, 2.05) is 0 Å². The molecule has 2 aliphatic rings. The molecule has 2 unspecified atom stereocenters. The molecule has 15 heavy (non-hydrogen) atoms. The summed E-state index contributed by atoms with van der Waals surface area (Å²) in [6, 6.07) is 0.829. The maximum Gasteiger partial charge on any atom is 0.0232 e. The summed E-state index contributed by atoms with van der Waals surface area (Å²) in [5, 5.41) is 3.47. The van der Waals surface area contributed by atoms with Crippen LogP contribution in [0, 0.1) is 5.92 Å². The molecule has 0 aromatic rings. The van der Waals surface area contributed by atoms with Gasteiger partial charge in [0.25, 0.3) is 0 Å². The van der Waals surface area contributed by atoms with Crippen LogP contribution < -0.4 is 5.32 Å². The number of hydrogen-bond acceptors (Lipinski definition) is 3. The fourth-order valence-electron chi connectivity index (χ4n) is 3.05. The second-order valence-corrected chi connectivity index (χ2v) is 5.41. The van der Waals surface area contributed by atoms with Gasteiger partial charge in [-0.1, -0.05) is 0 Å². The Hall–Kier alpha value is -0.120. The summed E-state index contributed by atoms with van der Waals surface area (Å²) in [5.41, 5.74) is 0. The van der Waals surface area contributed by atoms with Crippen LogP contribution >= 0.6 is 0 Å². The lowest BCUT2D eigenvalue weighted by Gasteiger charge is -2.37. The molecule has 3 heteroatoms. The Kier molecular flexibility index (Phi) is 4.00. The van der Waals surface area contributed by atoms with E-state index >= 15 is 0 Å². The molecule has 88 valence electrons. The number of piperidine rings is 1. The largest absolute Gasteiger partial charge is 0.315 e. The van der Waals surface area contributed by atoms with Crippen LogP contribution in [0.25, 0.3) is 0 Å². The van der Waals surface area contributed by atoms with Gasteiger partial charge in [-0.2, -0.15) is 0 Å². The number of rotatable bonds is 3. The summed E-state index contributed by atoms with van der Waals surface area (Å²) < 4.78 is 0. The summed E-state index contributed by atoms with van der Waals surface area (Å²) in [6.07, 6.45) is 4.18. The smallest absolute Gasteiger partial charge is 0.0232 e. The Bertz CT molecular complexity index is 187. The van der Waals surface area contributed by atoms with Gasteiger partial charge in [0, 0.05) is 25.7 Å². The molecule has 0 aliphatic carbocycles. The molecule has 2 fully saturated rings. The fraction of sp³-hybridized carbons (Fsp3) is 1.00. The van der Waals surface area contributed by atoms with Gasteiger partial charge in [0.15, 0.2) is 0 Å². The topological polar surface area (TPSA) is 18.5 Å². The van der Waals surface area contributed by atoms with Crippen molar-refractivity contribution >= 4 is 0 Å². The third-order valence-electron chi connectivity index (χ3n) is 3.72. The molecule has 2 atom stereocenters. The lowest BCUT2D eigenvalue weighted by molar-refractivity contribution is 0.116. The van der Waals surface area contributed by atoms with Gasteiger partial charge in [-0.05, 0) is 52.4 Å². The van der Waals surface area contributed by atoms with Crippen molar-refractivity contribution in [3.05, 3.63) is 0 Å². The van der Waals surface area contributed by atoms with Crippen LogP contribution in [0.5, 0.6) is 0 Å². The van der Waals surface area contributed by atoms with Crippen molar-refractivity contribution < 1.29 is 0 Å². The monoisotopic (exact) mass is 211 g/mol. The van der Waals surface area contributed by atoms with Gasteiger partial charge in [-0.25, -0.2) is 0 Å². The molecule has 0 aromatic heterocycles. The standard InChI is InChI=1S/C12H25N3/c1-14(2)9-11-4-3-7-15(10-11)12-5-6-13-8-12/h11-13H,3-10H2,1-2H3. The van der Waals surface area contributed by atoms with Gasteiger partial charge in [-0.15, -0.1) is 0 Å². The first kappa shape index (κ1) is 11.4. The Morgan fingerprint density at radius 1 is 1.33 bits per heavy atom. The predicted octanol–water partition coefficient (Wildman–Crippen LogP) is 0.622. The van der Waals surface area contributed by atoms with E-state index in [0.29, 0.717) is 0 Å². The highest BCUT2D eigenvalue weighted by Gasteiger charge is 2.27. The number of likely N-dealkylation sites (tertiary alicyclic amines) is 1. The second kappa shape index (κ2) is 5.28. The quantitative estimate of drug-likeness (QED) is 0.738. The van der Waals surface area contributed by atoms with E-state index in [0.717, 1.165) is 12.0 Å². The summed E-state index contributed by atoms with van der Waals surface area (Å²) in [7, 11) is 4.38. The normalized spacial score (nSPS) is 33.8. The minimum Gasteiger partial charge on any atom is -0.315 e. The van der Waals surface area contributed by atoms with Gasteiger partial charge in [0.1, 0.15) is 0 Å². The third-order valence-corrected chi connectivity index (χ3v) is 3.72. The molecule has 1 N–H and O–H groups in total. The van der Waals surface area contributed by atoms with Crippen LogP contribution in [-0.4, -0.2) is 62.7 Å². The van der Waals surface area contributed by atoms with E-state index in [1.54, 1.807) is 0 Å². The van der Waals surface area contributed by atoms with E-state index in [4.69, 9.17) is 0 Å². The van der Waals surface area contributed by atoms with Crippen LogP contribution in [0.1, 0.15) is 19.3 Å². The number of nitrogens with zero attached hydrogens (tertiary/aromatic N) is 2. The maximum absolute atomic E-state index is 3.47. The molecule has 0 amide bonds. The van der Waals surface area contributed by atoms with Crippen molar-refractivity contribution in [2.75, 3.05) is 46.8 Å². The second-order valence-electron chi connectivity index (χ2n) is 5.41. The lowest BCUT2D eigenvalue weighted by Crippen LogP contribution is -2.45. The predicted molar refractivity (Wildman–Crippen MR) is 64.1 cm³/mol. The van der Waals surface area contributed by atoms with Crippen molar-refractivity contribution in [3.8, 4) is 0 Å². The zero-order valence-electron chi connectivity index (χ0n) is 10.2. The first-order chi connectivity index (χ1) is 7.25.